The highest BCUT2D eigenvalue weighted by Gasteiger charge is 2.10. The predicted octanol–water partition coefficient (Wildman–Crippen LogP) is 1.86. The molecule has 0 aliphatic carbocycles. The zero-order chi connectivity index (χ0) is 12.8. The summed E-state index contributed by atoms with van der Waals surface area (Å²) in [5.41, 5.74) is 1.17. The highest BCUT2D eigenvalue weighted by Crippen LogP contribution is 2.09. The number of ether oxygens (including phenoxy) is 1. The lowest BCUT2D eigenvalue weighted by molar-refractivity contribution is 0.0374. The van der Waals surface area contributed by atoms with Gasteiger partial charge in [-0.25, -0.2) is 9.97 Å². The van der Waals surface area contributed by atoms with E-state index in [1.54, 1.807) is 0 Å². The van der Waals surface area contributed by atoms with Gasteiger partial charge in [-0.1, -0.05) is 13.8 Å². The number of morpholine rings is 1. The second-order valence-corrected chi connectivity index (χ2v) is 5.12. The van der Waals surface area contributed by atoms with Gasteiger partial charge in [-0.15, -0.1) is 0 Å². The monoisotopic (exact) mass is 249 g/mol. The minimum atomic E-state index is 0.407. The van der Waals surface area contributed by atoms with Crippen LogP contribution in [-0.2, 0) is 11.2 Å². The van der Waals surface area contributed by atoms with Crippen molar-refractivity contribution >= 4 is 0 Å². The Hall–Kier alpha value is -1.00. The van der Waals surface area contributed by atoms with Crippen molar-refractivity contribution < 1.29 is 4.74 Å². The Kier molecular flexibility index (Phi) is 5.08. The van der Waals surface area contributed by atoms with Gasteiger partial charge in [0.2, 0.25) is 0 Å². The van der Waals surface area contributed by atoms with Crippen LogP contribution in [0.4, 0.5) is 0 Å². The molecule has 1 fully saturated rings. The van der Waals surface area contributed by atoms with Crippen LogP contribution in [0.3, 0.4) is 0 Å². The Labute approximate surface area is 109 Å². The number of nitrogens with zero attached hydrogens (tertiary/aromatic N) is 3. The van der Waals surface area contributed by atoms with Crippen molar-refractivity contribution in [3.8, 4) is 0 Å². The van der Waals surface area contributed by atoms with Gasteiger partial charge in [0.15, 0.2) is 0 Å². The summed E-state index contributed by atoms with van der Waals surface area (Å²) in [5, 5.41) is 0. The molecule has 1 aliphatic rings. The summed E-state index contributed by atoms with van der Waals surface area (Å²) in [5.74, 6) is 1.36. The van der Waals surface area contributed by atoms with Crippen molar-refractivity contribution in [1.82, 2.24) is 14.9 Å². The molecule has 18 heavy (non-hydrogen) atoms. The van der Waals surface area contributed by atoms with Crippen molar-refractivity contribution in [2.24, 2.45) is 0 Å². The molecule has 0 N–H and O–H groups in total. The zero-order valence-corrected chi connectivity index (χ0v) is 11.4. The standard InChI is InChI=1S/C14H23N3O/c1-12(2)14-15-6-5-13(16-14)4-3-7-17-8-10-18-11-9-17/h5-6,12H,3-4,7-11H2,1-2H3. The molecule has 0 spiro atoms. The van der Waals surface area contributed by atoms with E-state index in [0.717, 1.165) is 51.5 Å². The summed E-state index contributed by atoms with van der Waals surface area (Å²) in [4.78, 5) is 11.4. The molecule has 100 valence electrons. The van der Waals surface area contributed by atoms with Crippen LogP contribution in [0.15, 0.2) is 12.3 Å². The molecule has 0 saturated carbocycles. The van der Waals surface area contributed by atoms with Crippen LogP contribution in [0.1, 0.15) is 37.7 Å². The highest BCUT2D eigenvalue weighted by atomic mass is 16.5. The fraction of sp³-hybridized carbons (Fsp3) is 0.714. The van der Waals surface area contributed by atoms with Crippen LogP contribution < -0.4 is 0 Å². The third kappa shape index (κ3) is 4.03. The smallest absolute Gasteiger partial charge is 0.131 e. The maximum absolute atomic E-state index is 5.34. The van der Waals surface area contributed by atoms with Crippen molar-refractivity contribution in [2.75, 3.05) is 32.8 Å². The summed E-state index contributed by atoms with van der Waals surface area (Å²) in [6, 6.07) is 2.03. The Morgan fingerprint density at radius 1 is 1.33 bits per heavy atom. The molecular weight excluding hydrogens is 226 g/mol. The van der Waals surface area contributed by atoms with E-state index in [4.69, 9.17) is 4.74 Å². The number of rotatable bonds is 5. The minimum absolute atomic E-state index is 0.407. The molecule has 0 amide bonds. The molecule has 2 rings (SSSR count). The van der Waals surface area contributed by atoms with E-state index in [-0.39, 0.29) is 0 Å². The number of hydrogen-bond acceptors (Lipinski definition) is 4. The van der Waals surface area contributed by atoms with E-state index in [9.17, 15) is 0 Å². The van der Waals surface area contributed by atoms with E-state index in [1.165, 1.54) is 5.69 Å². The lowest BCUT2D eigenvalue weighted by Gasteiger charge is -2.26. The lowest BCUT2D eigenvalue weighted by atomic mass is 10.2. The highest BCUT2D eigenvalue weighted by molar-refractivity contribution is 5.04. The summed E-state index contributed by atoms with van der Waals surface area (Å²) >= 11 is 0. The van der Waals surface area contributed by atoms with Gasteiger partial charge in [-0.05, 0) is 25.5 Å². The Bertz CT molecular complexity index is 362. The normalized spacial score (nSPS) is 17.3. The summed E-state index contributed by atoms with van der Waals surface area (Å²) < 4.78 is 5.34. The second-order valence-electron chi connectivity index (χ2n) is 5.12. The van der Waals surface area contributed by atoms with Gasteiger partial charge in [-0.3, -0.25) is 4.90 Å². The summed E-state index contributed by atoms with van der Waals surface area (Å²) in [6.07, 6.45) is 4.08. The third-order valence-electron chi connectivity index (χ3n) is 3.26. The van der Waals surface area contributed by atoms with Gasteiger partial charge < -0.3 is 4.74 Å². The second kappa shape index (κ2) is 6.81. The lowest BCUT2D eigenvalue weighted by Crippen LogP contribution is -2.36. The average molecular weight is 249 g/mol. The van der Waals surface area contributed by atoms with Crippen LogP contribution in [0.25, 0.3) is 0 Å². The summed E-state index contributed by atoms with van der Waals surface area (Å²) in [7, 11) is 0. The largest absolute Gasteiger partial charge is 0.379 e. The quantitative estimate of drug-likeness (QED) is 0.798. The molecule has 0 aromatic carbocycles. The molecule has 1 saturated heterocycles. The van der Waals surface area contributed by atoms with Gasteiger partial charge in [0, 0.05) is 30.9 Å². The predicted molar refractivity (Wildman–Crippen MR) is 71.7 cm³/mol. The Morgan fingerprint density at radius 2 is 2.11 bits per heavy atom. The average Bonchev–Trinajstić information content (AvgIpc) is 2.40. The first kappa shape index (κ1) is 13.4. The van der Waals surface area contributed by atoms with Crippen LogP contribution in [0.5, 0.6) is 0 Å². The molecule has 4 heteroatoms. The number of hydrogen-bond donors (Lipinski definition) is 0. The van der Waals surface area contributed by atoms with Crippen molar-refractivity contribution in [1.29, 1.82) is 0 Å². The maximum atomic E-state index is 5.34. The molecule has 0 bridgehead atoms. The van der Waals surface area contributed by atoms with Crippen LogP contribution in [0.2, 0.25) is 0 Å². The van der Waals surface area contributed by atoms with Gasteiger partial charge >= 0.3 is 0 Å². The van der Waals surface area contributed by atoms with Crippen molar-refractivity contribution in [3.63, 3.8) is 0 Å². The molecule has 1 aliphatic heterocycles. The zero-order valence-electron chi connectivity index (χ0n) is 11.4. The topological polar surface area (TPSA) is 38.2 Å². The first-order chi connectivity index (χ1) is 8.75. The first-order valence-electron chi connectivity index (χ1n) is 6.87. The molecule has 4 nitrogen and oxygen atoms in total. The van der Waals surface area contributed by atoms with E-state index >= 15 is 0 Å². The van der Waals surface area contributed by atoms with Gasteiger partial charge in [0.05, 0.1) is 13.2 Å². The Balaban J connectivity index is 1.77. The summed E-state index contributed by atoms with van der Waals surface area (Å²) in [6.45, 7) is 9.31. The van der Waals surface area contributed by atoms with Crippen LogP contribution in [-0.4, -0.2) is 47.7 Å². The molecule has 2 heterocycles. The maximum Gasteiger partial charge on any atom is 0.131 e. The third-order valence-corrected chi connectivity index (χ3v) is 3.26. The fourth-order valence-corrected chi connectivity index (χ4v) is 2.14. The van der Waals surface area contributed by atoms with E-state index in [2.05, 4.69) is 28.7 Å². The van der Waals surface area contributed by atoms with E-state index in [1.807, 2.05) is 12.3 Å². The number of aromatic nitrogens is 2. The van der Waals surface area contributed by atoms with Gasteiger partial charge in [0.1, 0.15) is 5.82 Å². The van der Waals surface area contributed by atoms with Crippen LogP contribution in [0, 0.1) is 0 Å². The molecule has 1 aromatic heterocycles. The number of aryl methyl sites for hydroxylation is 1. The van der Waals surface area contributed by atoms with Gasteiger partial charge in [-0.2, -0.15) is 0 Å². The molecular formula is C14H23N3O. The Morgan fingerprint density at radius 3 is 2.83 bits per heavy atom. The molecule has 0 unspecified atom stereocenters. The minimum Gasteiger partial charge on any atom is -0.379 e. The van der Waals surface area contributed by atoms with Crippen molar-refractivity contribution in [2.45, 2.75) is 32.6 Å². The van der Waals surface area contributed by atoms with E-state index in [0.29, 0.717) is 5.92 Å². The van der Waals surface area contributed by atoms with Crippen LogP contribution >= 0.6 is 0 Å². The molecule has 0 radical (unpaired) electrons. The molecule has 0 atom stereocenters. The fourth-order valence-electron chi connectivity index (χ4n) is 2.14. The van der Waals surface area contributed by atoms with Gasteiger partial charge in [0.25, 0.3) is 0 Å². The molecule has 1 aromatic rings. The van der Waals surface area contributed by atoms with Crippen molar-refractivity contribution in [3.05, 3.63) is 23.8 Å². The SMILES string of the molecule is CC(C)c1nccc(CCCN2CCOCC2)n1. The van der Waals surface area contributed by atoms with E-state index < -0.39 is 0 Å². The first-order valence-corrected chi connectivity index (χ1v) is 6.87.